The van der Waals surface area contributed by atoms with Gasteiger partial charge in [-0.05, 0) is 34.0 Å². The lowest BCUT2D eigenvalue weighted by Crippen LogP contribution is -2.01. The SMILES string of the molecule is OC(c1ccc(Cl)cc1Br)c1cccc2ccccc12. The van der Waals surface area contributed by atoms with Crippen LogP contribution in [0, 0.1) is 0 Å². The van der Waals surface area contributed by atoms with Crippen LogP contribution in [0.5, 0.6) is 0 Å². The largest absolute Gasteiger partial charge is 0.384 e. The average Bonchev–Trinajstić information content (AvgIpc) is 2.46. The molecule has 0 bridgehead atoms. The molecule has 0 aliphatic heterocycles. The minimum Gasteiger partial charge on any atom is -0.384 e. The third kappa shape index (κ3) is 2.47. The quantitative estimate of drug-likeness (QED) is 0.663. The molecular formula is C17H12BrClO. The third-order valence-corrected chi connectivity index (χ3v) is 4.30. The molecule has 0 saturated heterocycles. The van der Waals surface area contributed by atoms with Gasteiger partial charge in [0.1, 0.15) is 6.10 Å². The minimum absolute atomic E-state index is 0.644. The topological polar surface area (TPSA) is 20.2 Å². The monoisotopic (exact) mass is 346 g/mol. The first-order valence-corrected chi connectivity index (χ1v) is 7.44. The van der Waals surface area contributed by atoms with Crippen LogP contribution in [0.3, 0.4) is 0 Å². The van der Waals surface area contributed by atoms with Crippen LogP contribution in [-0.4, -0.2) is 5.11 Å². The number of hydrogen-bond acceptors (Lipinski definition) is 1. The van der Waals surface area contributed by atoms with Crippen molar-refractivity contribution >= 4 is 38.3 Å². The van der Waals surface area contributed by atoms with E-state index in [2.05, 4.69) is 15.9 Å². The first-order chi connectivity index (χ1) is 9.66. The molecule has 1 nitrogen and oxygen atoms in total. The van der Waals surface area contributed by atoms with Gasteiger partial charge < -0.3 is 5.11 Å². The summed E-state index contributed by atoms with van der Waals surface area (Å²) >= 11 is 9.42. The molecule has 0 aromatic heterocycles. The van der Waals surface area contributed by atoms with Crippen molar-refractivity contribution < 1.29 is 5.11 Å². The predicted molar refractivity (Wildman–Crippen MR) is 87.2 cm³/mol. The van der Waals surface area contributed by atoms with Crippen LogP contribution in [0.2, 0.25) is 5.02 Å². The van der Waals surface area contributed by atoms with Crippen molar-refractivity contribution in [2.24, 2.45) is 0 Å². The summed E-state index contributed by atoms with van der Waals surface area (Å²) in [6.45, 7) is 0. The zero-order valence-corrected chi connectivity index (χ0v) is 12.9. The van der Waals surface area contributed by atoms with Gasteiger partial charge in [0.25, 0.3) is 0 Å². The molecule has 0 aliphatic carbocycles. The Morgan fingerprint density at radius 2 is 1.65 bits per heavy atom. The van der Waals surface area contributed by atoms with E-state index < -0.39 is 6.10 Å². The van der Waals surface area contributed by atoms with Crippen molar-refractivity contribution in [2.45, 2.75) is 6.10 Å². The molecule has 0 saturated carbocycles. The molecule has 1 N–H and O–H groups in total. The number of aliphatic hydroxyl groups is 1. The van der Waals surface area contributed by atoms with E-state index in [0.717, 1.165) is 26.4 Å². The van der Waals surface area contributed by atoms with E-state index in [0.29, 0.717) is 5.02 Å². The number of halogens is 2. The Labute approximate surface area is 131 Å². The molecule has 0 aliphatic rings. The average molecular weight is 348 g/mol. The summed E-state index contributed by atoms with van der Waals surface area (Å²) in [6, 6.07) is 19.4. The number of aliphatic hydroxyl groups excluding tert-OH is 1. The molecule has 100 valence electrons. The third-order valence-electron chi connectivity index (χ3n) is 3.38. The van der Waals surface area contributed by atoms with Gasteiger partial charge in [-0.1, -0.05) is 76.1 Å². The second-order valence-corrected chi connectivity index (χ2v) is 5.93. The highest BCUT2D eigenvalue weighted by molar-refractivity contribution is 9.10. The van der Waals surface area contributed by atoms with Crippen molar-refractivity contribution in [2.75, 3.05) is 0 Å². The Bertz CT molecular complexity index is 765. The molecule has 0 radical (unpaired) electrons. The molecule has 1 unspecified atom stereocenters. The van der Waals surface area contributed by atoms with E-state index in [1.165, 1.54) is 0 Å². The van der Waals surface area contributed by atoms with E-state index >= 15 is 0 Å². The van der Waals surface area contributed by atoms with Gasteiger partial charge in [-0.15, -0.1) is 0 Å². The van der Waals surface area contributed by atoms with E-state index in [1.807, 2.05) is 48.5 Å². The molecule has 3 heteroatoms. The first-order valence-electron chi connectivity index (χ1n) is 6.27. The number of fused-ring (bicyclic) bond motifs is 1. The number of rotatable bonds is 2. The maximum absolute atomic E-state index is 10.7. The molecule has 0 fully saturated rings. The van der Waals surface area contributed by atoms with Gasteiger partial charge in [0.15, 0.2) is 0 Å². The summed E-state index contributed by atoms with van der Waals surface area (Å²) in [5, 5.41) is 13.5. The van der Waals surface area contributed by atoms with Crippen molar-refractivity contribution in [3.05, 3.63) is 81.3 Å². The van der Waals surface area contributed by atoms with Crippen molar-refractivity contribution in [1.82, 2.24) is 0 Å². The van der Waals surface area contributed by atoms with Crippen LogP contribution in [-0.2, 0) is 0 Å². The lowest BCUT2D eigenvalue weighted by molar-refractivity contribution is 0.221. The molecule has 0 amide bonds. The summed E-state index contributed by atoms with van der Waals surface area (Å²) in [5.74, 6) is 0. The van der Waals surface area contributed by atoms with Gasteiger partial charge in [0, 0.05) is 9.50 Å². The Balaban J connectivity index is 2.15. The van der Waals surface area contributed by atoms with E-state index in [4.69, 9.17) is 11.6 Å². The van der Waals surface area contributed by atoms with Gasteiger partial charge >= 0.3 is 0 Å². The van der Waals surface area contributed by atoms with E-state index in [1.54, 1.807) is 12.1 Å². The normalized spacial score (nSPS) is 12.6. The molecule has 3 rings (SSSR count). The van der Waals surface area contributed by atoms with Gasteiger partial charge in [0.2, 0.25) is 0 Å². The second kappa shape index (κ2) is 5.57. The second-order valence-electron chi connectivity index (χ2n) is 4.64. The highest BCUT2D eigenvalue weighted by Gasteiger charge is 2.16. The highest BCUT2D eigenvalue weighted by atomic mass is 79.9. The number of benzene rings is 3. The molecule has 0 heterocycles. The van der Waals surface area contributed by atoms with Gasteiger partial charge in [0.05, 0.1) is 0 Å². The fourth-order valence-corrected chi connectivity index (χ4v) is 3.28. The van der Waals surface area contributed by atoms with Crippen LogP contribution in [0.25, 0.3) is 10.8 Å². The molecule has 3 aromatic rings. The Morgan fingerprint density at radius 3 is 2.45 bits per heavy atom. The van der Waals surface area contributed by atoms with E-state index in [-0.39, 0.29) is 0 Å². The van der Waals surface area contributed by atoms with Gasteiger partial charge in [-0.25, -0.2) is 0 Å². The van der Waals surface area contributed by atoms with Crippen molar-refractivity contribution in [3.8, 4) is 0 Å². The molecule has 20 heavy (non-hydrogen) atoms. The summed E-state index contributed by atoms with van der Waals surface area (Å²) < 4.78 is 0.811. The first kappa shape index (κ1) is 13.6. The Morgan fingerprint density at radius 1 is 0.900 bits per heavy atom. The van der Waals surface area contributed by atoms with Crippen molar-refractivity contribution in [3.63, 3.8) is 0 Å². The fraction of sp³-hybridized carbons (Fsp3) is 0.0588. The molecule has 3 aromatic carbocycles. The minimum atomic E-state index is -0.687. The number of hydrogen-bond donors (Lipinski definition) is 1. The van der Waals surface area contributed by atoms with Gasteiger partial charge in [-0.2, -0.15) is 0 Å². The molecule has 0 spiro atoms. The fourth-order valence-electron chi connectivity index (χ4n) is 2.38. The summed E-state index contributed by atoms with van der Waals surface area (Å²) in [4.78, 5) is 0. The predicted octanol–water partition coefficient (Wildman–Crippen LogP) is 5.34. The summed E-state index contributed by atoms with van der Waals surface area (Å²) in [6.07, 6.45) is -0.687. The highest BCUT2D eigenvalue weighted by Crippen LogP contribution is 2.33. The summed E-state index contributed by atoms with van der Waals surface area (Å²) in [5.41, 5.74) is 1.71. The standard InChI is InChI=1S/C17H12BrClO/c18-16-10-12(19)8-9-15(16)17(20)14-7-3-5-11-4-1-2-6-13(11)14/h1-10,17,20H. The molecule has 1 atom stereocenters. The maximum atomic E-state index is 10.7. The maximum Gasteiger partial charge on any atom is 0.106 e. The van der Waals surface area contributed by atoms with E-state index in [9.17, 15) is 5.11 Å². The van der Waals surface area contributed by atoms with Crippen molar-refractivity contribution in [1.29, 1.82) is 0 Å². The summed E-state index contributed by atoms with van der Waals surface area (Å²) in [7, 11) is 0. The Hall–Kier alpha value is -1.35. The lowest BCUT2D eigenvalue weighted by atomic mass is 9.96. The zero-order valence-electron chi connectivity index (χ0n) is 10.6. The van der Waals surface area contributed by atoms with Crippen LogP contribution in [0.1, 0.15) is 17.2 Å². The lowest BCUT2D eigenvalue weighted by Gasteiger charge is -2.16. The van der Waals surface area contributed by atoms with Crippen LogP contribution < -0.4 is 0 Å². The smallest absolute Gasteiger partial charge is 0.106 e. The Kier molecular flexibility index (Phi) is 3.79. The van der Waals surface area contributed by atoms with Gasteiger partial charge in [-0.3, -0.25) is 0 Å². The zero-order chi connectivity index (χ0) is 14.1. The van der Waals surface area contributed by atoms with Crippen LogP contribution in [0.15, 0.2) is 65.1 Å². The molecular weight excluding hydrogens is 336 g/mol. The van der Waals surface area contributed by atoms with Crippen LogP contribution in [0.4, 0.5) is 0 Å². The van der Waals surface area contributed by atoms with Crippen LogP contribution >= 0.6 is 27.5 Å².